The molecule has 0 spiro atoms. The van der Waals surface area contributed by atoms with Crippen molar-refractivity contribution in [2.45, 2.75) is 20.8 Å². The van der Waals surface area contributed by atoms with Crippen molar-refractivity contribution in [3.05, 3.63) is 12.1 Å². The Hall–Kier alpha value is -1.96. The molecule has 1 rings (SSSR count). The summed E-state index contributed by atoms with van der Waals surface area (Å²) in [6.07, 6.45) is 1.04. The molecule has 8 heteroatoms. The number of sulfonamides is 1. The first-order valence-corrected chi connectivity index (χ1v) is 8.43. The second-order valence-electron chi connectivity index (χ2n) is 5.81. The molecular weight excluding hydrogens is 308 g/mol. The molecule has 0 fully saturated rings. The normalized spacial score (nSPS) is 11.7. The van der Waals surface area contributed by atoms with Crippen LogP contribution in [0.2, 0.25) is 0 Å². The summed E-state index contributed by atoms with van der Waals surface area (Å²) < 4.78 is 35.6. The van der Waals surface area contributed by atoms with Gasteiger partial charge < -0.3 is 14.8 Å². The van der Waals surface area contributed by atoms with E-state index in [1.54, 1.807) is 26.8 Å². The molecular formula is C14H22N2O5S. The standard InChI is InChI=1S/C14H22N2O5S/c1-14(2,3)13(17)15-9-7-8-10(16-22(6,18)19)12(21-5)11(9)20-4/h7-8,16H,1-6H3,(H,15,17). The minimum Gasteiger partial charge on any atom is -0.491 e. The molecule has 0 heterocycles. The van der Waals surface area contributed by atoms with Gasteiger partial charge in [0.05, 0.1) is 31.9 Å². The number of carbonyl (C=O) groups is 1. The lowest BCUT2D eigenvalue weighted by atomic mass is 9.95. The van der Waals surface area contributed by atoms with Crippen LogP contribution < -0.4 is 19.5 Å². The third-order valence-electron chi connectivity index (χ3n) is 2.75. The van der Waals surface area contributed by atoms with Crippen molar-refractivity contribution in [3.63, 3.8) is 0 Å². The highest BCUT2D eigenvalue weighted by atomic mass is 32.2. The lowest BCUT2D eigenvalue weighted by Gasteiger charge is -2.21. The molecule has 0 aliphatic carbocycles. The summed E-state index contributed by atoms with van der Waals surface area (Å²) in [5, 5.41) is 2.75. The zero-order chi connectivity index (χ0) is 17.1. The molecule has 2 N–H and O–H groups in total. The maximum Gasteiger partial charge on any atom is 0.229 e. The zero-order valence-corrected chi connectivity index (χ0v) is 14.4. The van der Waals surface area contributed by atoms with E-state index >= 15 is 0 Å². The van der Waals surface area contributed by atoms with Crippen LogP contribution in [0.15, 0.2) is 12.1 Å². The molecule has 0 aliphatic rings. The summed E-state index contributed by atoms with van der Waals surface area (Å²) in [5.74, 6) is 0.241. The fourth-order valence-electron chi connectivity index (χ4n) is 1.66. The lowest BCUT2D eigenvalue weighted by molar-refractivity contribution is -0.123. The second-order valence-corrected chi connectivity index (χ2v) is 7.55. The second kappa shape index (κ2) is 6.43. The highest BCUT2D eigenvalue weighted by Crippen LogP contribution is 2.42. The predicted octanol–water partition coefficient (Wildman–Crippen LogP) is 2.06. The molecule has 1 amide bonds. The Morgan fingerprint density at radius 1 is 1.05 bits per heavy atom. The highest BCUT2D eigenvalue weighted by Gasteiger charge is 2.24. The largest absolute Gasteiger partial charge is 0.491 e. The third-order valence-corrected chi connectivity index (χ3v) is 3.34. The van der Waals surface area contributed by atoms with Crippen LogP contribution >= 0.6 is 0 Å². The van der Waals surface area contributed by atoms with Crippen molar-refractivity contribution < 1.29 is 22.7 Å². The van der Waals surface area contributed by atoms with Crippen LogP contribution in [0, 0.1) is 5.41 Å². The number of nitrogens with one attached hydrogen (secondary N) is 2. The summed E-state index contributed by atoms with van der Waals surface area (Å²) in [6.45, 7) is 5.35. The number of anilines is 2. The average molecular weight is 330 g/mol. The van der Waals surface area contributed by atoms with Crippen LogP contribution in [0.3, 0.4) is 0 Å². The van der Waals surface area contributed by atoms with Crippen LogP contribution in [0.5, 0.6) is 11.5 Å². The van der Waals surface area contributed by atoms with Crippen LogP contribution in [-0.2, 0) is 14.8 Å². The summed E-state index contributed by atoms with van der Waals surface area (Å²) in [4.78, 5) is 12.1. The van der Waals surface area contributed by atoms with E-state index in [0.717, 1.165) is 6.26 Å². The summed E-state index contributed by atoms with van der Waals surface area (Å²) in [6, 6.07) is 3.05. The first-order chi connectivity index (χ1) is 9.99. The van der Waals surface area contributed by atoms with Crippen molar-refractivity contribution in [1.82, 2.24) is 0 Å². The Balaban J connectivity index is 3.30. The van der Waals surface area contributed by atoms with Gasteiger partial charge in [-0.1, -0.05) is 20.8 Å². The van der Waals surface area contributed by atoms with Gasteiger partial charge in [-0.3, -0.25) is 9.52 Å². The Kier molecular flexibility index (Phi) is 5.29. The van der Waals surface area contributed by atoms with E-state index in [4.69, 9.17) is 9.47 Å². The number of amides is 1. The van der Waals surface area contributed by atoms with Gasteiger partial charge in [-0.05, 0) is 12.1 Å². The summed E-state index contributed by atoms with van der Waals surface area (Å²) >= 11 is 0. The maximum absolute atomic E-state index is 12.1. The average Bonchev–Trinajstić information content (AvgIpc) is 2.36. The third kappa shape index (κ3) is 4.52. The topological polar surface area (TPSA) is 93.7 Å². The van der Waals surface area contributed by atoms with Gasteiger partial charge in [0.1, 0.15) is 0 Å². The molecule has 0 atom stereocenters. The van der Waals surface area contributed by atoms with Crippen LogP contribution in [0.4, 0.5) is 11.4 Å². The first kappa shape index (κ1) is 18.1. The number of hydrogen-bond donors (Lipinski definition) is 2. The van der Waals surface area contributed by atoms with E-state index in [2.05, 4.69) is 10.0 Å². The molecule has 0 aromatic heterocycles. The van der Waals surface area contributed by atoms with Crippen LogP contribution in [0.1, 0.15) is 20.8 Å². The number of carbonyl (C=O) groups excluding carboxylic acids is 1. The first-order valence-electron chi connectivity index (χ1n) is 6.54. The molecule has 0 aliphatic heterocycles. The number of hydrogen-bond acceptors (Lipinski definition) is 5. The van der Waals surface area contributed by atoms with Crippen molar-refractivity contribution in [1.29, 1.82) is 0 Å². The maximum atomic E-state index is 12.1. The molecule has 0 bridgehead atoms. The van der Waals surface area contributed by atoms with Crippen molar-refractivity contribution in [2.24, 2.45) is 5.41 Å². The number of ether oxygens (including phenoxy) is 2. The van der Waals surface area contributed by atoms with E-state index in [9.17, 15) is 13.2 Å². The van der Waals surface area contributed by atoms with E-state index in [1.165, 1.54) is 20.3 Å². The van der Waals surface area contributed by atoms with E-state index in [-0.39, 0.29) is 23.1 Å². The van der Waals surface area contributed by atoms with Crippen molar-refractivity contribution in [2.75, 3.05) is 30.5 Å². The Morgan fingerprint density at radius 3 is 1.91 bits per heavy atom. The summed E-state index contributed by atoms with van der Waals surface area (Å²) in [5.41, 5.74) is 0.0518. The minimum absolute atomic E-state index is 0.194. The van der Waals surface area contributed by atoms with E-state index in [0.29, 0.717) is 5.69 Å². The molecule has 124 valence electrons. The fourth-order valence-corrected chi connectivity index (χ4v) is 2.22. The Morgan fingerprint density at radius 2 is 1.50 bits per heavy atom. The number of rotatable bonds is 5. The quantitative estimate of drug-likeness (QED) is 0.862. The van der Waals surface area contributed by atoms with Gasteiger partial charge in [-0.2, -0.15) is 0 Å². The monoisotopic (exact) mass is 330 g/mol. The Bertz CT molecular complexity index is 663. The minimum atomic E-state index is -3.47. The van der Waals surface area contributed by atoms with Crippen LogP contribution in [-0.4, -0.2) is 34.8 Å². The summed E-state index contributed by atoms with van der Waals surface area (Å²) in [7, 11) is -0.666. The van der Waals surface area contributed by atoms with Gasteiger partial charge in [0.15, 0.2) is 11.5 Å². The van der Waals surface area contributed by atoms with Crippen LogP contribution in [0.25, 0.3) is 0 Å². The fraction of sp³-hybridized carbons (Fsp3) is 0.500. The van der Waals surface area contributed by atoms with Gasteiger partial charge in [-0.25, -0.2) is 8.42 Å². The molecule has 0 saturated heterocycles. The molecule has 22 heavy (non-hydrogen) atoms. The number of methoxy groups -OCH3 is 2. The SMILES string of the molecule is COc1c(NC(=O)C(C)(C)C)ccc(NS(C)(=O)=O)c1OC. The van der Waals surface area contributed by atoms with Gasteiger partial charge in [0.25, 0.3) is 0 Å². The predicted molar refractivity (Wildman–Crippen MR) is 86.1 cm³/mol. The molecule has 0 unspecified atom stereocenters. The van der Waals surface area contributed by atoms with Gasteiger partial charge in [-0.15, -0.1) is 0 Å². The number of benzene rings is 1. The van der Waals surface area contributed by atoms with Gasteiger partial charge in [0.2, 0.25) is 15.9 Å². The lowest BCUT2D eigenvalue weighted by Crippen LogP contribution is -2.27. The smallest absolute Gasteiger partial charge is 0.229 e. The van der Waals surface area contributed by atoms with Crippen molar-refractivity contribution in [3.8, 4) is 11.5 Å². The van der Waals surface area contributed by atoms with E-state index < -0.39 is 15.4 Å². The molecule has 1 aromatic carbocycles. The molecule has 0 radical (unpaired) electrons. The van der Waals surface area contributed by atoms with Gasteiger partial charge in [0, 0.05) is 5.41 Å². The van der Waals surface area contributed by atoms with E-state index in [1.807, 2.05) is 0 Å². The highest BCUT2D eigenvalue weighted by molar-refractivity contribution is 7.92. The van der Waals surface area contributed by atoms with Gasteiger partial charge >= 0.3 is 0 Å². The molecule has 1 aromatic rings. The Labute approximate surface area is 131 Å². The molecule has 7 nitrogen and oxygen atoms in total. The molecule has 0 saturated carbocycles. The van der Waals surface area contributed by atoms with Crippen molar-refractivity contribution >= 4 is 27.3 Å². The zero-order valence-electron chi connectivity index (χ0n) is 13.6.